The van der Waals surface area contributed by atoms with Crippen molar-refractivity contribution in [2.75, 3.05) is 52.8 Å². The summed E-state index contributed by atoms with van der Waals surface area (Å²) in [6.45, 7) is 0.740. The molecule has 220 valence electrons. The normalized spacial score (nSPS) is 20.3. The number of sulfonamides is 1. The summed E-state index contributed by atoms with van der Waals surface area (Å²) in [5, 5.41) is 1.06. The molecular formula is C31H39N3O6S. The highest BCUT2D eigenvalue weighted by atomic mass is 32.2. The summed E-state index contributed by atoms with van der Waals surface area (Å²) in [5.74, 6) is -0.269. The van der Waals surface area contributed by atoms with Crippen molar-refractivity contribution in [3.8, 4) is 17.0 Å². The molecule has 1 aliphatic heterocycles. The molecule has 41 heavy (non-hydrogen) atoms. The van der Waals surface area contributed by atoms with E-state index in [2.05, 4.69) is 4.57 Å². The van der Waals surface area contributed by atoms with E-state index in [1.165, 1.54) is 19.0 Å². The summed E-state index contributed by atoms with van der Waals surface area (Å²) in [7, 11) is 1.29. The summed E-state index contributed by atoms with van der Waals surface area (Å²) in [4.78, 5) is 27.7. The number of likely N-dealkylation sites (N-methyl/N-ethyl adjacent to an activating group) is 2. The minimum atomic E-state index is -3.83. The fourth-order valence-corrected chi connectivity index (χ4v) is 7.00. The maximum Gasteiger partial charge on any atom is 0.260 e. The number of benzene rings is 2. The molecular weight excluding hydrogens is 542 g/mol. The van der Waals surface area contributed by atoms with Gasteiger partial charge in [0.05, 0.1) is 18.9 Å². The number of aromatic nitrogens is 1. The Morgan fingerprint density at radius 1 is 0.902 bits per heavy atom. The van der Waals surface area contributed by atoms with E-state index in [9.17, 15) is 18.0 Å². The van der Waals surface area contributed by atoms with E-state index in [-0.39, 0.29) is 32.3 Å². The Morgan fingerprint density at radius 3 is 2.41 bits per heavy atom. The molecule has 1 aromatic heterocycles. The molecule has 1 aliphatic carbocycles. The predicted octanol–water partition coefficient (Wildman–Crippen LogP) is 4.20. The summed E-state index contributed by atoms with van der Waals surface area (Å²) < 4.78 is 40.9. The van der Waals surface area contributed by atoms with Gasteiger partial charge in [0.25, 0.3) is 5.91 Å². The maximum absolute atomic E-state index is 13.3. The van der Waals surface area contributed by atoms with Gasteiger partial charge in [0.15, 0.2) is 12.4 Å². The number of carbonyl (C=O) groups is 2. The molecule has 2 aliphatic rings. The van der Waals surface area contributed by atoms with Crippen molar-refractivity contribution in [1.29, 1.82) is 0 Å². The number of ether oxygens (including phenoxy) is 2. The first-order chi connectivity index (χ1) is 19.7. The van der Waals surface area contributed by atoms with Crippen LogP contribution in [-0.4, -0.2) is 86.6 Å². The van der Waals surface area contributed by atoms with Gasteiger partial charge in [0.1, 0.15) is 11.5 Å². The van der Waals surface area contributed by atoms with Gasteiger partial charge in [-0.25, -0.2) is 12.7 Å². The summed E-state index contributed by atoms with van der Waals surface area (Å²) in [6.07, 6.45) is 5.69. The number of Topliss-reactive ketones (excluding diaryl/α,β-unsaturated/α-hetero) is 1. The van der Waals surface area contributed by atoms with Gasteiger partial charge < -0.3 is 18.9 Å². The second kappa shape index (κ2) is 12.3. The highest BCUT2D eigenvalue weighted by Gasteiger charge is 2.29. The van der Waals surface area contributed by atoms with Crippen LogP contribution in [0.15, 0.2) is 42.5 Å². The van der Waals surface area contributed by atoms with E-state index in [4.69, 9.17) is 9.47 Å². The van der Waals surface area contributed by atoms with Crippen molar-refractivity contribution in [2.45, 2.75) is 38.0 Å². The third-order valence-corrected chi connectivity index (χ3v) is 10.2. The second-order valence-electron chi connectivity index (χ2n) is 11.1. The van der Waals surface area contributed by atoms with Gasteiger partial charge in [0, 0.05) is 56.3 Å². The van der Waals surface area contributed by atoms with Crippen LogP contribution in [0.5, 0.6) is 5.75 Å². The van der Waals surface area contributed by atoms with Gasteiger partial charge in [-0.05, 0) is 42.5 Å². The molecule has 3 bridgehead atoms. The molecule has 9 nitrogen and oxygen atoms in total. The van der Waals surface area contributed by atoms with Crippen molar-refractivity contribution in [3.05, 3.63) is 53.6 Å². The number of ketones is 1. The summed E-state index contributed by atoms with van der Waals surface area (Å²) >= 11 is 0. The molecule has 0 unspecified atom stereocenters. The van der Waals surface area contributed by atoms with Crippen LogP contribution < -0.4 is 4.74 Å². The van der Waals surface area contributed by atoms with Crippen molar-refractivity contribution in [3.63, 3.8) is 0 Å². The lowest BCUT2D eigenvalue weighted by Gasteiger charge is -2.24. The zero-order valence-electron chi connectivity index (χ0n) is 24.1. The lowest BCUT2D eigenvalue weighted by molar-refractivity contribution is -0.132. The number of nitrogens with zero attached hydrogens (tertiary/aromatic N) is 3. The minimum absolute atomic E-state index is 0.109. The monoisotopic (exact) mass is 581 g/mol. The molecule has 2 aromatic carbocycles. The van der Waals surface area contributed by atoms with Crippen LogP contribution in [0, 0.1) is 0 Å². The Balaban J connectivity index is 1.65. The number of fused-ring (bicyclic) bond motifs is 4. The largest absolute Gasteiger partial charge is 0.483 e. The van der Waals surface area contributed by atoms with Gasteiger partial charge in [-0.2, -0.15) is 0 Å². The number of rotatable bonds is 1. The average Bonchev–Trinajstić information content (AvgIpc) is 3.26. The SMILES string of the molecule is CN1CCOCCN(C)S(=O)(=O)CC(=O)c2ccc3c(C4CCCCC4)c(n(C)c3c2)-c2ccccc2OCC1=O. The number of hydrogen-bond acceptors (Lipinski definition) is 6. The highest BCUT2D eigenvalue weighted by Crippen LogP contribution is 2.45. The minimum Gasteiger partial charge on any atom is -0.483 e. The average molecular weight is 582 g/mol. The molecule has 0 radical (unpaired) electrons. The topological polar surface area (TPSA) is 98.2 Å². The quantitative estimate of drug-likeness (QED) is 0.427. The van der Waals surface area contributed by atoms with Crippen LogP contribution in [0.2, 0.25) is 0 Å². The molecule has 5 rings (SSSR count). The molecule has 1 fully saturated rings. The lowest BCUT2D eigenvalue weighted by Crippen LogP contribution is -2.36. The molecule has 3 aromatic rings. The Hall–Kier alpha value is -3.21. The fraction of sp³-hybridized carbons (Fsp3) is 0.484. The summed E-state index contributed by atoms with van der Waals surface area (Å²) in [5.41, 5.74) is 4.34. The van der Waals surface area contributed by atoms with E-state index >= 15 is 0 Å². The van der Waals surface area contributed by atoms with Crippen LogP contribution in [0.3, 0.4) is 0 Å². The number of amides is 1. The lowest BCUT2D eigenvalue weighted by atomic mass is 9.81. The van der Waals surface area contributed by atoms with Crippen molar-refractivity contribution >= 4 is 32.6 Å². The van der Waals surface area contributed by atoms with Crippen molar-refractivity contribution in [2.24, 2.45) is 7.05 Å². The van der Waals surface area contributed by atoms with Gasteiger partial charge in [-0.1, -0.05) is 43.5 Å². The maximum atomic E-state index is 13.3. The van der Waals surface area contributed by atoms with E-state index in [0.717, 1.165) is 52.1 Å². The molecule has 0 spiro atoms. The first-order valence-corrected chi connectivity index (χ1v) is 15.9. The molecule has 1 saturated carbocycles. The first-order valence-electron chi connectivity index (χ1n) is 14.3. The third kappa shape index (κ3) is 6.19. The highest BCUT2D eigenvalue weighted by molar-refractivity contribution is 7.89. The Labute approximate surface area is 242 Å². The zero-order chi connectivity index (χ0) is 29.1. The van der Waals surface area contributed by atoms with Crippen molar-refractivity contribution < 1.29 is 27.5 Å². The summed E-state index contributed by atoms with van der Waals surface area (Å²) in [6, 6.07) is 13.3. The van der Waals surface area contributed by atoms with Crippen LogP contribution in [-0.2, 0) is 26.6 Å². The van der Waals surface area contributed by atoms with E-state index < -0.39 is 21.6 Å². The molecule has 0 saturated heterocycles. The molecule has 10 heteroatoms. The molecule has 1 amide bonds. The van der Waals surface area contributed by atoms with Crippen LogP contribution in [0.25, 0.3) is 22.2 Å². The zero-order valence-corrected chi connectivity index (χ0v) is 24.9. The third-order valence-electron chi connectivity index (χ3n) is 8.40. The number of hydrogen-bond donors (Lipinski definition) is 0. The van der Waals surface area contributed by atoms with Gasteiger partial charge in [0.2, 0.25) is 10.0 Å². The van der Waals surface area contributed by atoms with Crippen LogP contribution >= 0.6 is 0 Å². The number of para-hydroxylation sites is 1. The molecule has 2 heterocycles. The Bertz CT molecular complexity index is 1540. The van der Waals surface area contributed by atoms with E-state index in [1.54, 1.807) is 18.0 Å². The van der Waals surface area contributed by atoms with Gasteiger partial charge in [-0.15, -0.1) is 0 Å². The first kappa shape index (κ1) is 29.3. The Morgan fingerprint density at radius 2 is 1.63 bits per heavy atom. The standard InChI is InChI=1S/C31H39N3O6S/c1-32-15-17-39-18-16-33(2)41(37,38)21-27(35)23-13-14-24-26(19-23)34(3)31(30(24)22-9-5-4-6-10-22)25-11-7-8-12-28(25)40-20-29(32)36/h7-8,11-14,19,22H,4-6,9-10,15-18,20-21H2,1-3H3. The predicted molar refractivity (Wildman–Crippen MR) is 159 cm³/mol. The van der Waals surface area contributed by atoms with E-state index in [0.29, 0.717) is 23.8 Å². The number of aryl methyl sites for hydroxylation is 1. The molecule has 0 atom stereocenters. The molecule has 0 N–H and O–H groups in total. The Kier molecular flexibility index (Phi) is 8.82. The van der Waals surface area contributed by atoms with Crippen LogP contribution in [0.4, 0.5) is 0 Å². The van der Waals surface area contributed by atoms with E-state index in [1.807, 2.05) is 43.4 Å². The van der Waals surface area contributed by atoms with Gasteiger partial charge >= 0.3 is 0 Å². The second-order valence-corrected chi connectivity index (χ2v) is 13.2. The van der Waals surface area contributed by atoms with Gasteiger partial charge in [-0.3, -0.25) is 9.59 Å². The number of carbonyl (C=O) groups excluding carboxylic acids is 2. The van der Waals surface area contributed by atoms with Crippen molar-refractivity contribution in [1.82, 2.24) is 13.8 Å². The fourth-order valence-electron chi connectivity index (χ4n) is 5.93. The smallest absolute Gasteiger partial charge is 0.260 e. The van der Waals surface area contributed by atoms with Crippen LogP contribution in [0.1, 0.15) is 53.9 Å².